The van der Waals surface area contributed by atoms with Crippen LogP contribution in [0.5, 0.6) is 5.88 Å². The maximum Gasteiger partial charge on any atom is 0.259 e. The number of ether oxygens (including phenoxy) is 1. The molecule has 0 unspecified atom stereocenters. The fourth-order valence-corrected chi connectivity index (χ4v) is 6.04. The summed E-state index contributed by atoms with van der Waals surface area (Å²) in [5.41, 5.74) is -0.493. The van der Waals surface area contributed by atoms with Crippen molar-refractivity contribution in [2.75, 3.05) is 26.7 Å². The molecule has 0 bridgehead atoms. The fourth-order valence-electron chi connectivity index (χ4n) is 4.82. The van der Waals surface area contributed by atoms with Gasteiger partial charge in [0.05, 0.1) is 24.1 Å². The lowest BCUT2D eigenvalue weighted by Gasteiger charge is -2.37. The summed E-state index contributed by atoms with van der Waals surface area (Å²) >= 11 is 0. The lowest BCUT2D eigenvalue weighted by atomic mass is 10.00. The van der Waals surface area contributed by atoms with Crippen molar-refractivity contribution in [3.8, 4) is 17.7 Å². The molecule has 1 aliphatic carbocycles. The second kappa shape index (κ2) is 11.6. The highest BCUT2D eigenvalue weighted by molar-refractivity contribution is 7.89. The highest BCUT2D eigenvalue weighted by atomic mass is 32.2. The van der Waals surface area contributed by atoms with Crippen LogP contribution in [0, 0.1) is 23.6 Å². The average molecular weight is 560 g/mol. The molecule has 4 rings (SSSR count). The molecule has 11 heteroatoms. The van der Waals surface area contributed by atoms with Crippen molar-refractivity contribution >= 4 is 15.9 Å². The Hall–Kier alpha value is -3.04. The van der Waals surface area contributed by atoms with Crippen molar-refractivity contribution in [1.82, 2.24) is 14.2 Å². The predicted octanol–water partition coefficient (Wildman–Crippen LogP) is 2.42. The van der Waals surface area contributed by atoms with Crippen LogP contribution in [0.15, 0.2) is 41.4 Å². The zero-order valence-corrected chi connectivity index (χ0v) is 23.1. The smallest absolute Gasteiger partial charge is 0.259 e. The summed E-state index contributed by atoms with van der Waals surface area (Å²) in [5.74, 6) is 4.45. The van der Waals surface area contributed by atoms with E-state index in [0.29, 0.717) is 18.4 Å². The maximum atomic E-state index is 13.7. The van der Waals surface area contributed by atoms with Crippen LogP contribution in [0.2, 0.25) is 0 Å². The van der Waals surface area contributed by atoms with E-state index in [1.54, 1.807) is 13.0 Å². The molecule has 3 atom stereocenters. The molecule has 1 amide bonds. The minimum absolute atomic E-state index is 0.0216. The minimum Gasteiger partial charge on any atom is -0.472 e. The summed E-state index contributed by atoms with van der Waals surface area (Å²) in [5, 5.41) is 20.4. The fraction of sp³-hybridized carbons (Fsp3) is 0.500. The molecular weight excluding hydrogens is 525 g/mol. The molecule has 1 saturated carbocycles. The Balaban J connectivity index is 1.67. The number of aromatic nitrogens is 1. The number of carbonyl (C=O) groups is 1. The van der Waals surface area contributed by atoms with Crippen molar-refractivity contribution in [2.24, 2.45) is 5.92 Å². The van der Waals surface area contributed by atoms with Crippen LogP contribution in [0.3, 0.4) is 0 Å². The third kappa shape index (κ3) is 6.41. The molecule has 2 N–H and O–H groups in total. The summed E-state index contributed by atoms with van der Waals surface area (Å²) in [7, 11) is -2.64. The van der Waals surface area contributed by atoms with Crippen LogP contribution >= 0.6 is 0 Å². The van der Waals surface area contributed by atoms with Gasteiger partial charge in [0.15, 0.2) is 0 Å². The molecule has 0 radical (unpaired) electrons. The maximum absolute atomic E-state index is 13.7. The highest BCUT2D eigenvalue weighted by Gasteiger charge is 2.36. The summed E-state index contributed by atoms with van der Waals surface area (Å²) in [6.45, 7) is 3.37. The van der Waals surface area contributed by atoms with Gasteiger partial charge >= 0.3 is 0 Å². The Morgan fingerprint density at radius 1 is 1.31 bits per heavy atom. The molecule has 2 heterocycles. The van der Waals surface area contributed by atoms with Gasteiger partial charge in [0.25, 0.3) is 5.91 Å². The Bertz CT molecular complexity index is 1380. The van der Waals surface area contributed by atoms with Gasteiger partial charge in [-0.05, 0) is 56.9 Å². The van der Waals surface area contributed by atoms with Crippen LogP contribution in [-0.4, -0.2) is 83.2 Å². The van der Waals surface area contributed by atoms with Crippen molar-refractivity contribution in [2.45, 2.75) is 62.2 Å². The standard InChI is InChI=1S/C28H34FN3O6S/c1-19-16-32(20(2)18-33)27(34)24-13-21(9-12-28(35)10-4-5-11-28)15-30-26(24)38-25(19)17-31(3)39(36,37)23-8-6-7-22(29)14-23/h6-8,13-15,19-20,25,33,35H,4-5,10-11,16-18H2,1-3H3/t19-,20-,25-/m0/s1. The van der Waals surface area contributed by atoms with Gasteiger partial charge in [-0.15, -0.1) is 0 Å². The van der Waals surface area contributed by atoms with E-state index in [4.69, 9.17) is 4.74 Å². The quantitative estimate of drug-likeness (QED) is 0.522. The van der Waals surface area contributed by atoms with E-state index in [1.165, 1.54) is 36.3 Å². The first-order chi connectivity index (χ1) is 18.4. The van der Waals surface area contributed by atoms with Gasteiger partial charge in [-0.25, -0.2) is 17.8 Å². The molecule has 1 fully saturated rings. The number of pyridine rings is 1. The first kappa shape index (κ1) is 29.0. The van der Waals surface area contributed by atoms with E-state index in [2.05, 4.69) is 16.8 Å². The third-order valence-corrected chi connectivity index (χ3v) is 9.15. The number of fused-ring (bicyclic) bond motifs is 1. The highest BCUT2D eigenvalue weighted by Crippen LogP contribution is 2.30. The first-order valence-electron chi connectivity index (χ1n) is 13.0. The minimum atomic E-state index is -4.03. The van der Waals surface area contributed by atoms with E-state index in [0.717, 1.165) is 23.2 Å². The topological polar surface area (TPSA) is 120 Å². The van der Waals surface area contributed by atoms with E-state index in [1.807, 2.05) is 6.92 Å². The monoisotopic (exact) mass is 559 g/mol. The predicted molar refractivity (Wildman–Crippen MR) is 142 cm³/mol. The molecule has 1 aromatic heterocycles. The van der Waals surface area contributed by atoms with Crippen molar-refractivity contribution in [3.63, 3.8) is 0 Å². The Morgan fingerprint density at radius 3 is 2.69 bits per heavy atom. The molecular formula is C28H34FN3O6S. The number of rotatable bonds is 6. The number of hydrogen-bond acceptors (Lipinski definition) is 7. The van der Waals surface area contributed by atoms with Gasteiger partial charge in [-0.3, -0.25) is 4.79 Å². The number of halogens is 1. The lowest BCUT2D eigenvalue weighted by Crippen LogP contribution is -2.50. The third-order valence-electron chi connectivity index (χ3n) is 7.33. The van der Waals surface area contributed by atoms with Gasteiger partial charge < -0.3 is 19.8 Å². The molecule has 0 saturated heterocycles. The number of nitrogens with zero attached hydrogens (tertiary/aromatic N) is 3. The van der Waals surface area contributed by atoms with Gasteiger partial charge in [0.2, 0.25) is 15.9 Å². The number of benzene rings is 1. The van der Waals surface area contributed by atoms with Crippen LogP contribution < -0.4 is 4.74 Å². The molecule has 0 spiro atoms. The van der Waals surface area contributed by atoms with Crippen molar-refractivity contribution < 1.29 is 32.6 Å². The number of aliphatic hydroxyl groups excluding tert-OH is 1. The Morgan fingerprint density at radius 2 is 2.03 bits per heavy atom. The normalized spacial score (nSPS) is 21.8. The molecule has 1 aromatic carbocycles. The molecule has 210 valence electrons. The Kier molecular flexibility index (Phi) is 8.61. The number of carbonyl (C=O) groups excluding carboxylic acids is 1. The Labute approximate surface area is 228 Å². The van der Waals surface area contributed by atoms with Crippen LogP contribution in [0.25, 0.3) is 0 Å². The molecule has 1 aliphatic heterocycles. The van der Waals surface area contributed by atoms with Crippen molar-refractivity contribution in [3.05, 3.63) is 53.5 Å². The summed E-state index contributed by atoms with van der Waals surface area (Å²) in [6, 6.07) is 5.81. The van der Waals surface area contributed by atoms with E-state index in [-0.39, 0.29) is 42.0 Å². The van der Waals surface area contributed by atoms with E-state index in [9.17, 15) is 27.8 Å². The van der Waals surface area contributed by atoms with Gasteiger partial charge in [0, 0.05) is 31.3 Å². The zero-order chi connectivity index (χ0) is 28.4. The second-order valence-corrected chi connectivity index (χ2v) is 12.5. The number of likely N-dealkylation sites (N-methyl/N-ethyl adjacent to an activating group) is 1. The summed E-state index contributed by atoms with van der Waals surface area (Å²) < 4.78 is 47.3. The SMILES string of the molecule is C[C@H]1CN([C@@H](C)CO)C(=O)c2cc(C#CC3(O)CCCC3)cnc2O[C@H]1CN(C)S(=O)(=O)c1cccc(F)c1. The van der Waals surface area contributed by atoms with Gasteiger partial charge in [0.1, 0.15) is 23.1 Å². The van der Waals surface area contributed by atoms with Gasteiger partial charge in [-0.1, -0.05) is 24.8 Å². The van der Waals surface area contributed by atoms with Gasteiger partial charge in [-0.2, -0.15) is 4.31 Å². The lowest BCUT2D eigenvalue weighted by molar-refractivity contribution is 0.0373. The van der Waals surface area contributed by atoms with Crippen LogP contribution in [0.4, 0.5) is 4.39 Å². The van der Waals surface area contributed by atoms with E-state index < -0.39 is 39.5 Å². The second-order valence-electron chi connectivity index (χ2n) is 10.4. The molecule has 39 heavy (non-hydrogen) atoms. The number of sulfonamides is 1. The largest absolute Gasteiger partial charge is 0.472 e. The average Bonchev–Trinajstić information content (AvgIpc) is 3.35. The number of hydrogen-bond donors (Lipinski definition) is 2. The number of amides is 1. The number of aliphatic hydroxyl groups is 2. The molecule has 2 aliphatic rings. The van der Waals surface area contributed by atoms with Crippen LogP contribution in [-0.2, 0) is 10.0 Å². The summed E-state index contributed by atoms with van der Waals surface area (Å²) in [6.07, 6.45) is 3.71. The first-order valence-corrected chi connectivity index (χ1v) is 14.4. The van der Waals surface area contributed by atoms with E-state index >= 15 is 0 Å². The summed E-state index contributed by atoms with van der Waals surface area (Å²) in [4.78, 5) is 19.3. The zero-order valence-electron chi connectivity index (χ0n) is 22.3. The van der Waals surface area contributed by atoms with Crippen molar-refractivity contribution in [1.29, 1.82) is 0 Å². The van der Waals surface area contributed by atoms with Crippen LogP contribution in [0.1, 0.15) is 55.5 Å². The molecule has 9 nitrogen and oxygen atoms in total. The molecule has 2 aromatic rings.